The molecule has 0 spiro atoms. The van der Waals surface area contributed by atoms with Gasteiger partial charge in [-0.2, -0.15) is 0 Å². The Labute approximate surface area is 168 Å². The van der Waals surface area contributed by atoms with Crippen LogP contribution in [0.4, 0.5) is 0 Å². The number of ether oxygens (including phenoxy) is 2. The van der Waals surface area contributed by atoms with Crippen LogP contribution in [0.25, 0.3) is 0 Å². The second-order valence-corrected chi connectivity index (χ2v) is 9.01. The standard InChI is InChI=1S/C21H35N3O4/c1-27-9-6-22-19(25)11-18-21-16(10-20(26)23-7-2-3-8-23)13-24(12-15-4-5-15)17(21)14-28-18/h15-18,21H,2-14H2,1H3,(H,22,25)/t16-,17-,18+,21-/m1/s1. The van der Waals surface area contributed by atoms with Crippen LogP contribution in [0.3, 0.4) is 0 Å². The molecule has 1 N–H and O–H groups in total. The minimum Gasteiger partial charge on any atom is -0.383 e. The number of carbonyl (C=O) groups is 2. The highest BCUT2D eigenvalue weighted by atomic mass is 16.5. The fourth-order valence-corrected chi connectivity index (χ4v) is 5.32. The zero-order valence-electron chi connectivity index (χ0n) is 17.1. The average molecular weight is 394 g/mol. The number of methoxy groups -OCH3 is 1. The summed E-state index contributed by atoms with van der Waals surface area (Å²) >= 11 is 0. The van der Waals surface area contributed by atoms with Crippen molar-refractivity contribution in [2.75, 3.05) is 53.0 Å². The van der Waals surface area contributed by atoms with E-state index >= 15 is 0 Å². The van der Waals surface area contributed by atoms with Crippen LogP contribution in [0.5, 0.6) is 0 Å². The van der Waals surface area contributed by atoms with E-state index in [1.165, 1.54) is 12.8 Å². The van der Waals surface area contributed by atoms with Crippen molar-refractivity contribution in [3.05, 3.63) is 0 Å². The van der Waals surface area contributed by atoms with Crippen LogP contribution in [-0.2, 0) is 19.1 Å². The van der Waals surface area contributed by atoms with E-state index in [1.807, 2.05) is 4.90 Å². The number of likely N-dealkylation sites (tertiary alicyclic amines) is 2. The maximum atomic E-state index is 12.8. The largest absolute Gasteiger partial charge is 0.383 e. The van der Waals surface area contributed by atoms with Gasteiger partial charge in [-0.25, -0.2) is 0 Å². The predicted molar refractivity (Wildman–Crippen MR) is 105 cm³/mol. The van der Waals surface area contributed by atoms with E-state index in [0.29, 0.717) is 56.4 Å². The first kappa shape index (κ1) is 20.1. The lowest BCUT2D eigenvalue weighted by Gasteiger charge is -2.24. The van der Waals surface area contributed by atoms with E-state index in [2.05, 4.69) is 10.2 Å². The third-order valence-electron chi connectivity index (χ3n) is 6.94. The van der Waals surface area contributed by atoms with Crippen molar-refractivity contribution in [1.29, 1.82) is 0 Å². The number of amides is 2. The molecule has 3 aliphatic heterocycles. The van der Waals surface area contributed by atoms with Gasteiger partial charge in [0.2, 0.25) is 11.8 Å². The highest BCUT2D eigenvalue weighted by Gasteiger charge is 2.52. The Morgan fingerprint density at radius 1 is 1.18 bits per heavy atom. The van der Waals surface area contributed by atoms with Crippen LogP contribution in [0.15, 0.2) is 0 Å². The predicted octanol–water partition coefficient (Wildman–Crippen LogP) is 0.877. The minimum absolute atomic E-state index is 0.0213. The van der Waals surface area contributed by atoms with Crippen molar-refractivity contribution in [2.45, 2.75) is 50.7 Å². The molecule has 0 aromatic carbocycles. The number of fused-ring (bicyclic) bond motifs is 1. The van der Waals surface area contributed by atoms with Gasteiger partial charge in [-0.05, 0) is 37.5 Å². The first-order valence-electron chi connectivity index (χ1n) is 11.0. The van der Waals surface area contributed by atoms with Gasteiger partial charge < -0.3 is 19.7 Å². The quantitative estimate of drug-likeness (QED) is 0.589. The fraction of sp³-hybridized carbons (Fsp3) is 0.905. The molecule has 0 aromatic heterocycles. The Kier molecular flexibility index (Phi) is 6.53. The number of carbonyl (C=O) groups excluding carboxylic acids is 2. The summed E-state index contributed by atoms with van der Waals surface area (Å²) in [6.07, 6.45) is 5.83. The van der Waals surface area contributed by atoms with Gasteiger partial charge in [0.25, 0.3) is 0 Å². The first-order chi connectivity index (χ1) is 13.7. The molecule has 28 heavy (non-hydrogen) atoms. The molecular formula is C21H35N3O4. The first-order valence-corrected chi connectivity index (χ1v) is 11.0. The summed E-state index contributed by atoms with van der Waals surface area (Å²) in [5.74, 6) is 1.73. The number of rotatable bonds is 9. The lowest BCUT2D eigenvalue weighted by atomic mass is 9.84. The van der Waals surface area contributed by atoms with Crippen molar-refractivity contribution >= 4 is 11.8 Å². The Hall–Kier alpha value is -1.18. The molecule has 158 valence electrons. The molecule has 0 radical (unpaired) electrons. The lowest BCUT2D eigenvalue weighted by molar-refractivity contribution is -0.131. The molecule has 7 nitrogen and oxygen atoms in total. The molecule has 0 aromatic rings. The van der Waals surface area contributed by atoms with Crippen molar-refractivity contribution in [1.82, 2.24) is 15.1 Å². The van der Waals surface area contributed by atoms with Crippen LogP contribution in [0, 0.1) is 17.8 Å². The lowest BCUT2D eigenvalue weighted by Crippen LogP contribution is -2.37. The summed E-state index contributed by atoms with van der Waals surface area (Å²) in [6.45, 7) is 5.68. The van der Waals surface area contributed by atoms with E-state index in [0.717, 1.165) is 44.9 Å². The summed E-state index contributed by atoms with van der Waals surface area (Å²) in [4.78, 5) is 29.7. The second kappa shape index (κ2) is 9.09. The molecule has 1 saturated carbocycles. The van der Waals surface area contributed by atoms with E-state index in [1.54, 1.807) is 7.11 Å². The molecule has 0 unspecified atom stereocenters. The normalized spacial score (nSPS) is 32.7. The van der Waals surface area contributed by atoms with Crippen LogP contribution >= 0.6 is 0 Å². The van der Waals surface area contributed by atoms with Gasteiger partial charge in [0.05, 0.1) is 25.7 Å². The topological polar surface area (TPSA) is 71.1 Å². The molecular weight excluding hydrogens is 358 g/mol. The molecule has 3 heterocycles. The zero-order valence-corrected chi connectivity index (χ0v) is 17.1. The highest BCUT2D eigenvalue weighted by Crippen LogP contribution is 2.43. The summed E-state index contributed by atoms with van der Waals surface area (Å²) < 4.78 is 11.1. The summed E-state index contributed by atoms with van der Waals surface area (Å²) in [7, 11) is 1.63. The molecule has 4 aliphatic rings. The van der Waals surface area contributed by atoms with E-state index in [-0.39, 0.29) is 12.0 Å². The zero-order chi connectivity index (χ0) is 19.5. The minimum atomic E-state index is -0.0758. The molecule has 2 amide bonds. The van der Waals surface area contributed by atoms with Gasteiger partial charge in [-0.1, -0.05) is 0 Å². The maximum absolute atomic E-state index is 12.8. The third-order valence-corrected chi connectivity index (χ3v) is 6.94. The van der Waals surface area contributed by atoms with Gasteiger partial charge in [0, 0.05) is 58.2 Å². The van der Waals surface area contributed by atoms with Crippen LogP contribution in [0.2, 0.25) is 0 Å². The summed E-state index contributed by atoms with van der Waals surface area (Å²) in [5.41, 5.74) is 0. The Morgan fingerprint density at radius 2 is 1.96 bits per heavy atom. The van der Waals surface area contributed by atoms with Gasteiger partial charge in [-0.3, -0.25) is 14.5 Å². The second-order valence-electron chi connectivity index (χ2n) is 9.01. The van der Waals surface area contributed by atoms with Crippen LogP contribution in [0.1, 0.15) is 38.5 Å². The number of nitrogens with one attached hydrogen (secondary N) is 1. The fourth-order valence-electron chi connectivity index (χ4n) is 5.32. The molecule has 4 rings (SSSR count). The third kappa shape index (κ3) is 4.69. The van der Waals surface area contributed by atoms with Gasteiger partial charge in [0.1, 0.15) is 0 Å². The van der Waals surface area contributed by atoms with Gasteiger partial charge in [-0.15, -0.1) is 0 Å². The van der Waals surface area contributed by atoms with Crippen molar-refractivity contribution in [3.8, 4) is 0 Å². The molecule has 1 aliphatic carbocycles. The van der Waals surface area contributed by atoms with E-state index in [9.17, 15) is 9.59 Å². The number of hydrogen-bond donors (Lipinski definition) is 1. The summed E-state index contributed by atoms with van der Waals surface area (Å²) in [5, 5.41) is 2.91. The SMILES string of the molecule is COCCNC(=O)C[C@@H]1OC[C@@H]2[C@H]1[C@H](CC(=O)N1CCCC1)CN2CC1CC1. The summed E-state index contributed by atoms with van der Waals surface area (Å²) in [6, 6.07) is 0.369. The number of nitrogens with zero attached hydrogens (tertiary/aromatic N) is 2. The Balaban J connectivity index is 1.38. The monoisotopic (exact) mass is 393 g/mol. The molecule has 7 heteroatoms. The van der Waals surface area contributed by atoms with Crippen molar-refractivity contribution in [2.24, 2.45) is 17.8 Å². The van der Waals surface area contributed by atoms with Crippen molar-refractivity contribution < 1.29 is 19.1 Å². The Morgan fingerprint density at radius 3 is 2.68 bits per heavy atom. The van der Waals surface area contributed by atoms with Gasteiger partial charge in [0.15, 0.2) is 0 Å². The highest BCUT2D eigenvalue weighted by molar-refractivity contribution is 5.77. The van der Waals surface area contributed by atoms with Crippen LogP contribution in [-0.4, -0.2) is 86.8 Å². The maximum Gasteiger partial charge on any atom is 0.222 e. The number of hydrogen-bond acceptors (Lipinski definition) is 5. The molecule has 0 bridgehead atoms. The molecule has 4 fully saturated rings. The van der Waals surface area contributed by atoms with Crippen LogP contribution < -0.4 is 5.32 Å². The Bertz CT molecular complexity index is 562. The smallest absolute Gasteiger partial charge is 0.222 e. The van der Waals surface area contributed by atoms with E-state index in [4.69, 9.17) is 9.47 Å². The average Bonchev–Trinajstić information content (AvgIpc) is 3.09. The van der Waals surface area contributed by atoms with E-state index < -0.39 is 0 Å². The molecule has 4 atom stereocenters. The van der Waals surface area contributed by atoms with Crippen molar-refractivity contribution in [3.63, 3.8) is 0 Å². The molecule has 3 saturated heterocycles. The van der Waals surface area contributed by atoms with Gasteiger partial charge >= 0.3 is 0 Å².